The zero-order valence-corrected chi connectivity index (χ0v) is 12.3. The van der Waals surface area contributed by atoms with Gasteiger partial charge in [-0.2, -0.15) is 0 Å². The van der Waals surface area contributed by atoms with Gasteiger partial charge in [-0.1, -0.05) is 15.9 Å². The average Bonchev–Trinajstić information content (AvgIpc) is 2.57. The predicted octanol–water partition coefficient (Wildman–Crippen LogP) is 1.71. The van der Waals surface area contributed by atoms with Crippen LogP contribution in [0, 0.1) is 0 Å². The lowest BCUT2D eigenvalue weighted by Gasteiger charge is -2.23. The topological polar surface area (TPSA) is 66.5 Å². The van der Waals surface area contributed by atoms with Crippen LogP contribution in [0.1, 0.15) is 40.0 Å². The van der Waals surface area contributed by atoms with Gasteiger partial charge in [-0.25, -0.2) is 0 Å². The molecule has 104 valence electrons. The number of nitrogens with zero attached hydrogens (tertiary/aromatic N) is 1. The summed E-state index contributed by atoms with van der Waals surface area (Å²) in [5, 5.41) is 2.76. The van der Waals surface area contributed by atoms with Crippen molar-refractivity contribution in [1.82, 2.24) is 10.2 Å². The van der Waals surface area contributed by atoms with Crippen molar-refractivity contribution >= 4 is 33.7 Å². The van der Waals surface area contributed by atoms with Crippen LogP contribution in [0.2, 0.25) is 0 Å². The number of carbonyl (C=O) groups excluding carboxylic acids is 3. The number of rotatable bonds is 1. The van der Waals surface area contributed by atoms with Gasteiger partial charge >= 0.3 is 0 Å². The maximum atomic E-state index is 12.4. The molecule has 2 heterocycles. The van der Waals surface area contributed by atoms with Crippen molar-refractivity contribution in [3.8, 4) is 0 Å². The molecule has 0 bridgehead atoms. The third kappa shape index (κ3) is 2.04. The monoisotopic (exact) mass is 336 g/mol. The smallest absolute Gasteiger partial charge is 0.262 e. The third-order valence-electron chi connectivity index (χ3n) is 3.70. The van der Waals surface area contributed by atoms with Gasteiger partial charge < -0.3 is 5.32 Å². The van der Waals surface area contributed by atoms with Crippen LogP contribution < -0.4 is 5.32 Å². The quantitative estimate of drug-likeness (QED) is 0.794. The van der Waals surface area contributed by atoms with E-state index in [0.29, 0.717) is 24.1 Å². The van der Waals surface area contributed by atoms with Crippen LogP contribution in [0.15, 0.2) is 22.7 Å². The van der Waals surface area contributed by atoms with Crippen LogP contribution in [-0.4, -0.2) is 35.2 Å². The molecule has 2 aliphatic rings. The molecular weight excluding hydrogens is 324 g/mol. The Balaban J connectivity index is 1.98. The first-order chi connectivity index (χ1) is 9.59. The van der Waals surface area contributed by atoms with Crippen molar-refractivity contribution in [2.45, 2.75) is 25.3 Å². The van der Waals surface area contributed by atoms with E-state index in [1.807, 2.05) is 0 Å². The van der Waals surface area contributed by atoms with E-state index in [2.05, 4.69) is 21.2 Å². The number of hydrogen-bond donors (Lipinski definition) is 1. The number of amides is 3. The summed E-state index contributed by atoms with van der Waals surface area (Å²) in [7, 11) is 0. The Labute approximate surface area is 124 Å². The van der Waals surface area contributed by atoms with E-state index >= 15 is 0 Å². The highest BCUT2D eigenvalue weighted by Crippen LogP contribution is 2.29. The molecule has 6 heteroatoms. The van der Waals surface area contributed by atoms with E-state index in [9.17, 15) is 14.4 Å². The Kier molecular flexibility index (Phi) is 3.33. The Bertz CT molecular complexity index is 614. The summed E-state index contributed by atoms with van der Waals surface area (Å²) in [6.45, 7) is 0.601. The van der Waals surface area contributed by atoms with Gasteiger partial charge in [0.05, 0.1) is 11.1 Å². The zero-order chi connectivity index (χ0) is 14.3. The first-order valence-corrected chi connectivity index (χ1v) is 7.34. The predicted molar refractivity (Wildman–Crippen MR) is 75.3 cm³/mol. The minimum absolute atomic E-state index is 0.240. The largest absolute Gasteiger partial charge is 0.354 e. The highest BCUT2D eigenvalue weighted by atomic mass is 79.9. The lowest BCUT2D eigenvalue weighted by atomic mass is 10.1. The Hall–Kier alpha value is -1.69. The van der Waals surface area contributed by atoms with Crippen molar-refractivity contribution in [2.75, 3.05) is 6.54 Å². The van der Waals surface area contributed by atoms with Crippen LogP contribution in [0.3, 0.4) is 0 Å². The fourth-order valence-electron chi connectivity index (χ4n) is 2.68. The molecule has 0 aromatic heterocycles. The summed E-state index contributed by atoms with van der Waals surface area (Å²) in [5.41, 5.74) is 0.733. The molecular formula is C14H13BrN2O3. The van der Waals surface area contributed by atoms with Crippen molar-refractivity contribution in [2.24, 2.45) is 0 Å². The summed E-state index contributed by atoms with van der Waals surface area (Å²) in [4.78, 5) is 38.0. The molecule has 2 aliphatic heterocycles. The number of hydrogen-bond acceptors (Lipinski definition) is 3. The summed E-state index contributed by atoms with van der Waals surface area (Å²) in [6.07, 6.45) is 2.22. The standard InChI is InChI=1S/C14H13BrN2O3/c15-8-4-5-9-10(7-8)14(20)17(13(9)19)11-3-1-2-6-16-12(11)18/h4-5,7,11H,1-3,6H2,(H,16,18). The molecule has 1 aromatic rings. The van der Waals surface area contributed by atoms with Gasteiger partial charge in [0.25, 0.3) is 11.8 Å². The number of nitrogens with one attached hydrogen (secondary N) is 1. The molecule has 20 heavy (non-hydrogen) atoms. The van der Waals surface area contributed by atoms with Gasteiger partial charge in [0, 0.05) is 11.0 Å². The van der Waals surface area contributed by atoms with Crippen molar-refractivity contribution < 1.29 is 14.4 Å². The fourth-order valence-corrected chi connectivity index (χ4v) is 3.05. The van der Waals surface area contributed by atoms with Gasteiger partial charge in [0.15, 0.2) is 0 Å². The first-order valence-electron chi connectivity index (χ1n) is 6.55. The van der Waals surface area contributed by atoms with E-state index < -0.39 is 6.04 Å². The number of imide groups is 1. The van der Waals surface area contributed by atoms with Gasteiger partial charge in [0.2, 0.25) is 5.91 Å². The van der Waals surface area contributed by atoms with E-state index in [-0.39, 0.29) is 17.7 Å². The van der Waals surface area contributed by atoms with Crippen molar-refractivity contribution in [3.05, 3.63) is 33.8 Å². The molecule has 0 saturated carbocycles. The molecule has 5 nitrogen and oxygen atoms in total. The third-order valence-corrected chi connectivity index (χ3v) is 4.19. The molecule has 3 amide bonds. The summed E-state index contributed by atoms with van der Waals surface area (Å²) >= 11 is 3.29. The molecule has 1 N–H and O–H groups in total. The van der Waals surface area contributed by atoms with Crippen LogP contribution in [0.4, 0.5) is 0 Å². The van der Waals surface area contributed by atoms with Gasteiger partial charge in [-0.05, 0) is 37.5 Å². The summed E-state index contributed by atoms with van der Waals surface area (Å²) in [6, 6.07) is 4.28. The first kappa shape index (κ1) is 13.3. The lowest BCUT2D eigenvalue weighted by molar-refractivity contribution is -0.124. The van der Waals surface area contributed by atoms with Crippen LogP contribution in [-0.2, 0) is 4.79 Å². The van der Waals surface area contributed by atoms with Crippen LogP contribution >= 0.6 is 15.9 Å². The highest BCUT2D eigenvalue weighted by molar-refractivity contribution is 9.10. The Morgan fingerprint density at radius 3 is 2.65 bits per heavy atom. The second-order valence-corrected chi connectivity index (χ2v) is 5.89. The van der Waals surface area contributed by atoms with E-state index in [1.165, 1.54) is 0 Å². The van der Waals surface area contributed by atoms with Crippen LogP contribution in [0.5, 0.6) is 0 Å². The minimum Gasteiger partial charge on any atom is -0.354 e. The molecule has 0 radical (unpaired) electrons. The molecule has 1 unspecified atom stereocenters. The van der Waals surface area contributed by atoms with Crippen LogP contribution in [0.25, 0.3) is 0 Å². The average molecular weight is 337 g/mol. The number of benzene rings is 1. The molecule has 0 aliphatic carbocycles. The number of halogens is 1. The zero-order valence-electron chi connectivity index (χ0n) is 10.7. The van der Waals surface area contributed by atoms with Crippen molar-refractivity contribution in [3.63, 3.8) is 0 Å². The molecule has 3 rings (SSSR count). The highest BCUT2D eigenvalue weighted by Gasteiger charge is 2.42. The molecule has 0 spiro atoms. The molecule has 1 atom stereocenters. The Morgan fingerprint density at radius 1 is 1.10 bits per heavy atom. The second kappa shape index (κ2) is 5.01. The maximum absolute atomic E-state index is 12.4. The fraction of sp³-hybridized carbons (Fsp3) is 0.357. The van der Waals surface area contributed by atoms with Gasteiger partial charge in [-0.3, -0.25) is 19.3 Å². The van der Waals surface area contributed by atoms with Gasteiger partial charge in [-0.15, -0.1) is 0 Å². The number of fused-ring (bicyclic) bond motifs is 1. The summed E-state index contributed by atoms with van der Waals surface area (Å²) in [5.74, 6) is -0.996. The maximum Gasteiger partial charge on any atom is 0.262 e. The second-order valence-electron chi connectivity index (χ2n) is 4.97. The van der Waals surface area contributed by atoms with Crippen molar-refractivity contribution in [1.29, 1.82) is 0 Å². The molecule has 1 fully saturated rings. The number of carbonyl (C=O) groups is 3. The lowest BCUT2D eigenvalue weighted by Crippen LogP contribution is -2.48. The van der Waals surface area contributed by atoms with E-state index in [4.69, 9.17) is 0 Å². The normalized spacial score (nSPS) is 22.6. The molecule has 1 aromatic carbocycles. The molecule has 1 saturated heterocycles. The SMILES string of the molecule is O=C1NCCCCC1N1C(=O)c2ccc(Br)cc2C1=O. The van der Waals surface area contributed by atoms with E-state index in [0.717, 1.165) is 22.2 Å². The summed E-state index contributed by atoms with van der Waals surface area (Å²) < 4.78 is 0.740. The minimum atomic E-state index is -0.691. The van der Waals surface area contributed by atoms with E-state index in [1.54, 1.807) is 18.2 Å². The van der Waals surface area contributed by atoms with Gasteiger partial charge in [0.1, 0.15) is 6.04 Å². The Morgan fingerprint density at radius 2 is 1.85 bits per heavy atom.